The molecule has 1 aliphatic heterocycles. The molecule has 1 saturated heterocycles. The fourth-order valence-corrected chi connectivity index (χ4v) is 1.65. The molecule has 2 nitrogen and oxygen atoms in total. The maximum Gasteiger partial charge on any atom is 0.148 e. The largest absolute Gasteiger partial charge is 0.370 e. The molecule has 0 N–H and O–H groups in total. The Morgan fingerprint density at radius 1 is 1.64 bits per heavy atom. The van der Waals surface area contributed by atoms with Crippen molar-refractivity contribution in [3.63, 3.8) is 0 Å². The molecule has 0 aromatic heterocycles. The van der Waals surface area contributed by atoms with E-state index in [0.717, 1.165) is 19.3 Å². The van der Waals surface area contributed by atoms with Crippen molar-refractivity contribution in [1.82, 2.24) is 0 Å². The van der Waals surface area contributed by atoms with E-state index < -0.39 is 0 Å². The summed E-state index contributed by atoms with van der Waals surface area (Å²) in [6.07, 6.45) is 2.92. The van der Waals surface area contributed by atoms with Crippen LogP contribution in [0.15, 0.2) is 0 Å². The van der Waals surface area contributed by atoms with Gasteiger partial charge in [-0.1, -0.05) is 13.8 Å². The molecule has 0 radical (unpaired) electrons. The van der Waals surface area contributed by atoms with E-state index in [9.17, 15) is 4.79 Å². The molecule has 2 atom stereocenters. The summed E-state index contributed by atoms with van der Waals surface area (Å²) in [7, 11) is 0. The summed E-state index contributed by atoms with van der Waals surface area (Å²) in [5.41, 5.74) is 0. The molecule has 11 heavy (non-hydrogen) atoms. The quantitative estimate of drug-likeness (QED) is 0.580. The summed E-state index contributed by atoms with van der Waals surface area (Å²) in [4.78, 5) is 10.3. The molecule has 1 fully saturated rings. The minimum Gasteiger partial charge on any atom is -0.370 e. The van der Waals surface area contributed by atoms with Crippen LogP contribution in [0.5, 0.6) is 0 Å². The molecule has 0 spiro atoms. The van der Waals surface area contributed by atoms with Gasteiger partial charge in [0.05, 0.1) is 6.61 Å². The summed E-state index contributed by atoms with van der Waals surface area (Å²) in [5.74, 6) is 1.33. The molecule has 64 valence electrons. The van der Waals surface area contributed by atoms with Crippen molar-refractivity contribution >= 4 is 6.29 Å². The van der Waals surface area contributed by atoms with Crippen LogP contribution in [0.3, 0.4) is 0 Å². The van der Waals surface area contributed by atoms with E-state index in [4.69, 9.17) is 4.74 Å². The number of hydrogen-bond donors (Lipinski definition) is 0. The number of aldehydes is 1. The Morgan fingerprint density at radius 3 is 2.82 bits per heavy atom. The maximum atomic E-state index is 10.3. The van der Waals surface area contributed by atoms with Gasteiger partial charge in [0.25, 0.3) is 0 Å². The highest BCUT2D eigenvalue weighted by atomic mass is 16.5. The summed E-state index contributed by atoms with van der Waals surface area (Å²) >= 11 is 0. The molecular formula is C9H16O2. The van der Waals surface area contributed by atoms with E-state index in [-0.39, 0.29) is 6.10 Å². The summed E-state index contributed by atoms with van der Waals surface area (Å²) in [5, 5.41) is 0. The Kier molecular flexibility index (Phi) is 3.06. The van der Waals surface area contributed by atoms with Crippen molar-refractivity contribution in [1.29, 1.82) is 0 Å². The Labute approximate surface area is 67.9 Å². The van der Waals surface area contributed by atoms with Crippen LogP contribution in [0.2, 0.25) is 0 Å². The van der Waals surface area contributed by atoms with Gasteiger partial charge >= 0.3 is 0 Å². The molecule has 0 bridgehead atoms. The van der Waals surface area contributed by atoms with Gasteiger partial charge in [-0.25, -0.2) is 0 Å². The number of carbonyl (C=O) groups excluding carboxylic acids is 1. The van der Waals surface area contributed by atoms with E-state index >= 15 is 0 Å². The van der Waals surface area contributed by atoms with Crippen molar-refractivity contribution in [2.45, 2.75) is 32.8 Å². The molecule has 1 rings (SSSR count). The first-order chi connectivity index (χ1) is 5.22. The van der Waals surface area contributed by atoms with Crippen molar-refractivity contribution in [2.75, 3.05) is 6.61 Å². The predicted molar refractivity (Wildman–Crippen MR) is 43.4 cm³/mol. The Bertz CT molecular complexity index is 132. The molecule has 0 aliphatic carbocycles. The van der Waals surface area contributed by atoms with Gasteiger partial charge in [0, 0.05) is 0 Å². The zero-order valence-corrected chi connectivity index (χ0v) is 7.25. The van der Waals surface area contributed by atoms with Crippen LogP contribution in [0.25, 0.3) is 0 Å². The van der Waals surface area contributed by atoms with Crippen LogP contribution < -0.4 is 0 Å². The van der Waals surface area contributed by atoms with Gasteiger partial charge in [-0.05, 0) is 24.7 Å². The van der Waals surface area contributed by atoms with Crippen LogP contribution in [-0.4, -0.2) is 19.0 Å². The van der Waals surface area contributed by atoms with Crippen LogP contribution in [0, 0.1) is 11.8 Å². The highest BCUT2D eigenvalue weighted by Crippen LogP contribution is 2.24. The number of hydrogen-bond acceptors (Lipinski definition) is 2. The maximum absolute atomic E-state index is 10.3. The van der Waals surface area contributed by atoms with Gasteiger partial charge in [-0.2, -0.15) is 0 Å². The third-order valence-corrected chi connectivity index (χ3v) is 2.07. The molecule has 2 unspecified atom stereocenters. The fourth-order valence-electron chi connectivity index (χ4n) is 1.65. The van der Waals surface area contributed by atoms with Crippen LogP contribution in [-0.2, 0) is 9.53 Å². The molecule has 2 heteroatoms. The second-order valence-electron chi connectivity index (χ2n) is 3.74. The molecule has 1 aliphatic rings. The smallest absolute Gasteiger partial charge is 0.148 e. The monoisotopic (exact) mass is 156 g/mol. The lowest BCUT2D eigenvalue weighted by atomic mass is 9.95. The van der Waals surface area contributed by atoms with Crippen molar-refractivity contribution < 1.29 is 9.53 Å². The Morgan fingerprint density at radius 2 is 2.36 bits per heavy atom. The Hall–Kier alpha value is -0.370. The zero-order valence-electron chi connectivity index (χ0n) is 7.25. The first-order valence-corrected chi connectivity index (χ1v) is 4.29. The number of rotatable bonds is 3. The van der Waals surface area contributed by atoms with Crippen molar-refractivity contribution in [3.05, 3.63) is 0 Å². The first-order valence-electron chi connectivity index (χ1n) is 4.29. The summed E-state index contributed by atoms with van der Waals surface area (Å²) in [6.45, 7) is 5.18. The topological polar surface area (TPSA) is 26.3 Å². The summed E-state index contributed by atoms with van der Waals surface area (Å²) < 4.78 is 5.25. The third-order valence-electron chi connectivity index (χ3n) is 2.07. The molecule has 0 saturated carbocycles. The van der Waals surface area contributed by atoms with E-state index in [1.807, 2.05) is 0 Å². The molecule has 0 amide bonds. The van der Waals surface area contributed by atoms with Gasteiger partial charge in [0.2, 0.25) is 0 Å². The van der Waals surface area contributed by atoms with Crippen molar-refractivity contribution in [2.24, 2.45) is 11.8 Å². The molecule has 0 aromatic carbocycles. The fraction of sp³-hybridized carbons (Fsp3) is 0.889. The Balaban J connectivity index is 2.24. The molecular weight excluding hydrogens is 140 g/mol. The van der Waals surface area contributed by atoms with Gasteiger partial charge in [0.15, 0.2) is 0 Å². The third kappa shape index (κ3) is 2.62. The summed E-state index contributed by atoms with van der Waals surface area (Å²) in [6, 6.07) is 0. The van der Waals surface area contributed by atoms with Crippen LogP contribution >= 0.6 is 0 Å². The lowest BCUT2D eigenvalue weighted by Gasteiger charge is -2.09. The van der Waals surface area contributed by atoms with Gasteiger partial charge in [0.1, 0.15) is 12.4 Å². The minimum absolute atomic E-state index is 0.112. The van der Waals surface area contributed by atoms with Crippen LogP contribution in [0.4, 0.5) is 0 Å². The molecule has 1 heterocycles. The average Bonchev–Trinajstić information content (AvgIpc) is 2.34. The number of carbonyl (C=O) groups is 1. The standard InChI is InChI=1S/C9H16O2/c1-7(2)3-8-4-9(5-10)11-6-8/h5,7-9H,3-4,6H2,1-2H3. The van der Waals surface area contributed by atoms with E-state index in [0.29, 0.717) is 11.8 Å². The SMILES string of the molecule is CC(C)CC1COC(C=O)C1. The van der Waals surface area contributed by atoms with Crippen LogP contribution in [0.1, 0.15) is 26.7 Å². The second kappa shape index (κ2) is 3.86. The molecule has 0 aromatic rings. The van der Waals surface area contributed by atoms with E-state index in [1.165, 1.54) is 6.42 Å². The zero-order chi connectivity index (χ0) is 8.27. The van der Waals surface area contributed by atoms with E-state index in [2.05, 4.69) is 13.8 Å². The lowest BCUT2D eigenvalue weighted by molar-refractivity contribution is -0.115. The first kappa shape index (κ1) is 8.72. The predicted octanol–water partition coefficient (Wildman–Crippen LogP) is 1.64. The van der Waals surface area contributed by atoms with Gasteiger partial charge < -0.3 is 9.53 Å². The second-order valence-corrected chi connectivity index (χ2v) is 3.74. The van der Waals surface area contributed by atoms with Crippen molar-refractivity contribution in [3.8, 4) is 0 Å². The normalized spacial score (nSPS) is 31.2. The minimum atomic E-state index is -0.112. The highest BCUT2D eigenvalue weighted by Gasteiger charge is 2.24. The van der Waals surface area contributed by atoms with Gasteiger partial charge in [-0.3, -0.25) is 0 Å². The average molecular weight is 156 g/mol. The lowest BCUT2D eigenvalue weighted by Crippen LogP contribution is -2.06. The van der Waals surface area contributed by atoms with E-state index in [1.54, 1.807) is 0 Å². The van der Waals surface area contributed by atoms with Gasteiger partial charge in [-0.15, -0.1) is 0 Å². The number of ether oxygens (including phenoxy) is 1. The highest BCUT2D eigenvalue weighted by molar-refractivity contribution is 5.56.